The lowest BCUT2D eigenvalue weighted by molar-refractivity contribution is -0.136. The topological polar surface area (TPSA) is 69.6 Å². The minimum atomic E-state index is -0.903. The molecule has 0 aromatic carbocycles. The number of nitrogens with one attached hydrogen (secondary N) is 1. The molecule has 0 saturated carbocycles. The van der Waals surface area contributed by atoms with Gasteiger partial charge < -0.3 is 15.3 Å². The Morgan fingerprint density at radius 1 is 1.25 bits per heavy atom. The Hall–Kier alpha value is -1.26. The maximum absolute atomic E-state index is 11.7. The molecule has 5 nitrogen and oxygen atoms in total. The van der Waals surface area contributed by atoms with E-state index in [-0.39, 0.29) is 25.0 Å². The normalized spacial score (nSPS) is 10.6. The maximum atomic E-state index is 11.7. The highest BCUT2D eigenvalue weighted by atomic mass is 16.4. The number of carbonyl (C=O) groups excluding carboxylic acids is 1. The average Bonchev–Trinajstić information content (AvgIpc) is 2.12. The SMILES string of the molecule is CC(C)CN(C(=O)NCCC(=O)O)C(C)C. The van der Waals surface area contributed by atoms with Crippen LogP contribution in [-0.2, 0) is 4.79 Å². The molecule has 2 amide bonds. The van der Waals surface area contributed by atoms with Crippen LogP contribution in [-0.4, -0.2) is 41.1 Å². The average molecular weight is 230 g/mol. The Labute approximate surface area is 96.8 Å². The van der Waals surface area contributed by atoms with Crippen LogP contribution < -0.4 is 5.32 Å². The molecule has 0 aromatic heterocycles. The van der Waals surface area contributed by atoms with E-state index in [1.165, 1.54) is 0 Å². The first-order chi connectivity index (χ1) is 7.34. The molecule has 0 unspecified atom stereocenters. The van der Waals surface area contributed by atoms with Gasteiger partial charge in [-0.25, -0.2) is 4.79 Å². The van der Waals surface area contributed by atoms with Crippen molar-refractivity contribution in [1.82, 2.24) is 10.2 Å². The Kier molecular flexibility index (Phi) is 6.53. The molecule has 0 atom stereocenters. The zero-order valence-corrected chi connectivity index (χ0v) is 10.5. The van der Waals surface area contributed by atoms with Crippen LogP contribution in [0.3, 0.4) is 0 Å². The number of urea groups is 1. The minimum Gasteiger partial charge on any atom is -0.481 e. The summed E-state index contributed by atoms with van der Waals surface area (Å²) >= 11 is 0. The number of hydrogen-bond acceptors (Lipinski definition) is 2. The summed E-state index contributed by atoms with van der Waals surface area (Å²) in [5.41, 5.74) is 0. The van der Waals surface area contributed by atoms with E-state index in [0.29, 0.717) is 12.5 Å². The van der Waals surface area contributed by atoms with E-state index >= 15 is 0 Å². The van der Waals surface area contributed by atoms with Crippen LogP contribution in [0.5, 0.6) is 0 Å². The highest BCUT2D eigenvalue weighted by Gasteiger charge is 2.17. The fraction of sp³-hybridized carbons (Fsp3) is 0.818. The van der Waals surface area contributed by atoms with E-state index in [1.807, 2.05) is 27.7 Å². The fourth-order valence-electron chi connectivity index (χ4n) is 1.30. The number of carboxylic acid groups (broad SMARTS) is 1. The first-order valence-corrected chi connectivity index (χ1v) is 5.60. The van der Waals surface area contributed by atoms with Gasteiger partial charge in [-0.05, 0) is 19.8 Å². The van der Waals surface area contributed by atoms with E-state index in [0.717, 1.165) is 0 Å². The Bertz CT molecular complexity index is 239. The number of rotatable bonds is 6. The number of hydrogen-bond donors (Lipinski definition) is 2. The molecule has 94 valence electrons. The molecule has 0 saturated heterocycles. The molecule has 5 heteroatoms. The van der Waals surface area contributed by atoms with Crippen LogP contribution in [0, 0.1) is 5.92 Å². The van der Waals surface area contributed by atoms with Gasteiger partial charge in [0.15, 0.2) is 0 Å². The van der Waals surface area contributed by atoms with Crippen molar-refractivity contribution in [2.45, 2.75) is 40.2 Å². The maximum Gasteiger partial charge on any atom is 0.317 e. The lowest BCUT2D eigenvalue weighted by Crippen LogP contribution is -2.46. The zero-order valence-electron chi connectivity index (χ0n) is 10.5. The van der Waals surface area contributed by atoms with Gasteiger partial charge >= 0.3 is 12.0 Å². The van der Waals surface area contributed by atoms with E-state index in [4.69, 9.17) is 5.11 Å². The van der Waals surface area contributed by atoms with Gasteiger partial charge in [0.25, 0.3) is 0 Å². The van der Waals surface area contributed by atoms with Gasteiger partial charge in [-0.2, -0.15) is 0 Å². The van der Waals surface area contributed by atoms with Crippen molar-refractivity contribution in [2.75, 3.05) is 13.1 Å². The molecular formula is C11H22N2O3. The first-order valence-electron chi connectivity index (χ1n) is 5.60. The van der Waals surface area contributed by atoms with Crippen molar-refractivity contribution >= 4 is 12.0 Å². The van der Waals surface area contributed by atoms with Crippen molar-refractivity contribution < 1.29 is 14.7 Å². The van der Waals surface area contributed by atoms with Crippen molar-refractivity contribution in [2.24, 2.45) is 5.92 Å². The number of amides is 2. The van der Waals surface area contributed by atoms with Crippen LogP contribution >= 0.6 is 0 Å². The van der Waals surface area contributed by atoms with Crippen molar-refractivity contribution in [3.05, 3.63) is 0 Å². The second-order valence-electron chi connectivity index (χ2n) is 4.52. The molecule has 0 bridgehead atoms. The smallest absolute Gasteiger partial charge is 0.317 e. The van der Waals surface area contributed by atoms with E-state index in [2.05, 4.69) is 5.32 Å². The third kappa shape index (κ3) is 6.27. The van der Waals surface area contributed by atoms with Crippen LogP contribution in [0.15, 0.2) is 0 Å². The number of nitrogens with zero attached hydrogens (tertiary/aromatic N) is 1. The summed E-state index contributed by atoms with van der Waals surface area (Å²) in [5, 5.41) is 11.1. The Balaban J connectivity index is 4.12. The molecule has 0 aliphatic heterocycles. The highest BCUT2D eigenvalue weighted by Crippen LogP contribution is 2.04. The van der Waals surface area contributed by atoms with Crippen LogP contribution in [0.4, 0.5) is 4.79 Å². The molecule has 0 rings (SSSR count). The molecule has 0 fully saturated rings. The predicted molar refractivity (Wildman–Crippen MR) is 62.3 cm³/mol. The molecule has 0 aromatic rings. The largest absolute Gasteiger partial charge is 0.481 e. The molecule has 0 radical (unpaired) electrons. The lowest BCUT2D eigenvalue weighted by atomic mass is 10.2. The van der Waals surface area contributed by atoms with Gasteiger partial charge in [0.2, 0.25) is 0 Å². The van der Waals surface area contributed by atoms with Gasteiger partial charge in [-0.15, -0.1) is 0 Å². The standard InChI is InChI=1S/C11H22N2O3/c1-8(2)7-13(9(3)4)11(16)12-6-5-10(14)15/h8-9H,5-7H2,1-4H3,(H,12,16)(H,14,15). The zero-order chi connectivity index (χ0) is 12.7. The van der Waals surface area contributed by atoms with Gasteiger partial charge in [0.05, 0.1) is 6.42 Å². The van der Waals surface area contributed by atoms with Gasteiger partial charge in [-0.1, -0.05) is 13.8 Å². The van der Waals surface area contributed by atoms with Crippen LogP contribution in [0.25, 0.3) is 0 Å². The number of carbonyl (C=O) groups is 2. The third-order valence-electron chi connectivity index (χ3n) is 2.06. The van der Waals surface area contributed by atoms with Gasteiger partial charge in [0, 0.05) is 19.1 Å². The lowest BCUT2D eigenvalue weighted by Gasteiger charge is -2.28. The summed E-state index contributed by atoms with van der Waals surface area (Å²) < 4.78 is 0. The molecular weight excluding hydrogens is 208 g/mol. The highest BCUT2D eigenvalue weighted by molar-refractivity contribution is 5.75. The van der Waals surface area contributed by atoms with Crippen molar-refractivity contribution in [3.8, 4) is 0 Å². The summed E-state index contributed by atoms with van der Waals surface area (Å²) in [7, 11) is 0. The first kappa shape index (κ1) is 14.7. The quantitative estimate of drug-likeness (QED) is 0.727. The van der Waals surface area contributed by atoms with E-state index < -0.39 is 5.97 Å². The van der Waals surface area contributed by atoms with E-state index in [1.54, 1.807) is 4.90 Å². The predicted octanol–water partition coefficient (Wildman–Crippen LogP) is 1.54. The summed E-state index contributed by atoms with van der Waals surface area (Å²) in [6.45, 7) is 8.82. The second kappa shape index (κ2) is 7.09. The van der Waals surface area contributed by atoms with Crippen LogP contribution in [0.2, 0.25) is 0 Å². The second-order valence-corrected chi connectivity index (χ2v) is 4.52. The van der Waals surface area contributed by atoms with Gasteiger partial charge in [0.1, 0.15) is 0 Å². The number of aliphatic carboxylic acids is 1. The molecule has 0 spiro atoms. The van der Waals surface area contributed by atoms with Crippen molar-refractivity contribution in [3.63, 3.8) is 0 Å². The fourth-order valence-corrected chi connectivity index (χ4v) is 1.30. The van der Waals surface area contributed by atoms with Crippen LogP contribution in [0.1, 0.15) is 34.1 Å². The summed E-state index contributed by atoms with van der Waals surface area (Å²) in [4.78, 5) is 23.7. The molecule has 0 heterocycles. The Morgan fingerprint density at radius 2 is 1.81 bits per heavy atom. The monoisotopic (exact) mass is 230 g/mol. The third-order valence-corrected chi connectivity index (χ3v) is 2.06. The number of carboxylic acids is 1. The van der Waals surface area contributed by atoms with E-state index in [9.17, 15) is 9.59 Å². The summed E-state index contributed by atoms with van der Waals surface area (Å²) in [6, 6.07) is -0.0721. The molecule has 2 N–H and O–H groups in total. The van der Waals surface area contributed by atoms with Crippen molar-refractivity contribution in [1.29, 1.82) is 0 Å². The minimum absolute atomic E-state index is 0.0423. The molecule has 0 aliphatic rings. The molecule has 16 heavy (non-hydrogen) atoms. The molecule has 0 aliphatic carbocycles. The summed E-state index contributed by atoms with van der Waals surface area (Å²) in [6.07, 6.45) is -0.0423. The van der Waals surface area contributed by atoms with Gasteiger partial charge in [-0.3, -0.25) is 4.79 Å². The Morgan fingerprint density at radius 3 is 2.19 bits per heavy atom. The summed E-state index contributed by atoms with van der Waals surface area (Å²) in [5.74, 6) is -0.507.